The van der Waals surface area contributed by atoms with E-state index in [9.17, 15) is 5.11 Å². The first-order valence-electron chi connectivity index (χ1n) is 5.05. The van der Waals surface area contributed by atoms with Crippen LogP contribution < -0.4 is 5.32 Å². The minimum atomic E-state index is -0.448. The van der Waals surface area contributed by atoms with Crippen LogP contribution in [0.15, 0.2) is 35.8 Å². The van der Waals surface area contributed by atoms with Crippen molar-refractivity contribution in [2.45, 2.75) is 12.6 Å². The molecule has 5 heteroatoms. The average Bonchev–Trinajstić information content (AvgIpc) is 2.84. The van der Waals surface area contributed by atoms with Crippen LogP contribution in [0.1, 0.15) is 16.7 Å². The van der Waals surface area contributed by atoms with Crippen molar-refractivity contribution in [3.8, 4) is 0 Å². The summed E-state index contributed by atoms with van der Waals surface area (Å²) in [5.41, 5.74) is 0.876. The molecule has 2 aromatic rings. The summed E-state index contributed by atoms with van der Waals surface area (Å²) < 4.78 is 0. The quantitative estimate of drug-likeness (QED) is 0.821. The molecule has 84 valence electrons. The first-order chi connectivity index (χ1) is 7.86. The lowest BCUT2D eigenvalue weighted by atomic mass is 10.3. The predicted molar refractivity (Wildman–Crippen MR) is 63.0 cm³/mol. The summed E-state index contributed by atoms with van der Waals surface area (Å²) in [6, 6.07) is 7.61. The molecule has 0 spiro atoms. The molecule has 4 nitrogen and oxygen atoms in total. The molecule has 0 radical (unpaired) electrons. The van der Waals surface area contributed by atoms with Gasteiger partial charge in [0.1, 0.15) is 6.10 Å². The largest absolute Gasteiger partial charge is 0.386 e. The molecule has 0 aliphatic rings. The maximum absolute atomic E-state index is 9.80. The number of rotatable bonds is 5. The summed E-state index contributed by atoms with van der Waals surface area (Å²) in [5.74, 6) is 0. The van der Waals surface area contributed by atoms with Gasteiger partial charge in [-0.25, -0.2) is 0 Å². The summed E-state index contributed by atoms with van der Waals surface area (Å²) >= 11 is 1.56. The number of nitrogens with one attached hydrogen (secondary N) is 1. The smallest absolute Gasteiger partial charge is 0.101 e. The molecule has 0 aromatic carbocycles. The van der Waals surface area contributed by atoms with Crippen LogP contribution in [-0.2, 0) is 6.54 Å². The Bertz CT molecular complexity index is 404. The number of aliphatic hydroxyl groups excluding tert-OH is 1. The summed E-state index contributed by atoms with van der Waals surface area (Å²) in [6.07, 6.45) is 1.20. The topological polar surface area (TPSA) is 58.0 Å². The third-order valence-corrected chi connectivity index (χ3v) is 3.12. The lowest BCUT2D eigenvalue weighted by Crippen LogP contribution is -2.21. The highest BCUT2D eigenvalue weighted by molar-refractivity contribution is 7.10. The van der Waals surface area contributed by atoms with E-state index in [1.54, 1.807) is 17.5 Å². The van der Waals surface area contributed by atoms with E-state index >= 15 is 0 Å². The van der Waals surface area contributed by atoms with Crippen molar-refractivity contribution in [2.75, 3.05) is 6.54 Å². The normalized spacial score (nSPS) is 12.6. The van der Waals surface area contributed by atoms with Crippen molar-refractivity contribution in [2.24, 2.45) is 0 Å². The Morgan fingerprint density at radius 3 is 3.00 bits per heavy atom. The van der Waals surface area contributed by atoms with Gasteiger partial charge in [-0.3, -0.25) is 0 Å². The first-order valence-corrected chi connectivity index (χ1v) is 5.93. The minimum Gasteiger partial charge on any atom is -0.386 e. The van der Waals surface area contributed by atoms with Crippen LogP contribution in [0.2, 0.25) is 0 Å². The van der Waals surface area contributed by atoms with Gasteiger partial charge in [0.05, 0.1) is 5.69 Å². The molecule has 1 atom stereocenters. The van der Waals surface area contributed by atoms with Crippen molar-refractivity contribution >= 4 is 11.3 Å². The van der Waals surface area contributed by atoms with Crippen molar-refractivity contribution in [3.05, 3.63) is 46.4 Å². The number of aromatic nitrogens is 2. The summed E-state index contributed by atoms with van der Waals surface area (Å²) in [5, 5.41) is 22.6. The fourth-order valence-corrected chi connectivity index (χ4v) is 2.06. The van der Waals surface area contributed by atoms with E-state index in [-0.39, 0.29) is 0 Å². The van der Waals surface area contributed by atoms with Gasteiger partial charge in [0.25, 0.3) is 0 Å². The van der Waals surface area contributed by atoms with Gasteiger partial charge in [0.2, 0.25) is 0 Å². The minimum absolute atomic E-state index is 0.448. The second-order valence-electron chi connectivity index (χ2n) is 3.38. The fourth-order valence-electron chi connectivity index (χ4n) is 1.35. The Hall–Kier alpha value is -1.30. The zero-order chi connectivity index (χ0) is 11.2. The number of hydrogen-bond acceptors (Lipinski definition) is 5. The molecule has 0 saturated carbocycles. The van der Waals surface area contributed by atoms with Crippen LogP contribution in [0.5, 0.6) is 0 Å². The molecule has 0 aliphatic carbocycles. The summed E-state index contributed by atoms with van der Waals surface area (Å²) in [4.78, 5) is 0.978. The van der Waals surface area contributed by atoms with Crippen LogP contribution >= 0.6 is 11.3 Å². The lowest BCUT2D eigenvalue weighted by molar-refractivity contribution is 0.178. The van der Waals surface area contributed by atoms with E-state index in [0.717, 1.165) is 10.6 Å². The van der Waals surface area contributed by atoms with Gasteiger partial charge < -0.3 is 10.4 Å². The Kier molecular flexibility index (Phi) is 3.98. The standard InChI is InChI=1S/C11H13N3OS/c15-10(11-4-2-6-16-11)8-12-7-9-3-1-5-13-14-9/h1-6,10,12,15H,7-8H2. The lowest BCUT2D eigenvalue weighted by Gasteiger charge is -2.09. The van der Waals surface area contributed by atoms with Crippen LogP contribution in [0.25, 0.3) is 0 Å². The Morgan fingerprint density at radius 1 is 1.38 bits per heavy atom. The molecule has 2 N–H and O–H groups in total. The van der Waals surface area contributed by atoms with Crippen molar-refractivity contribution in [3.63, 3.8) is 0 Å². The Morgan fingerprint density at radius 2 is 2.31 bits per heavy atom. The van der Waals surface area contributed by atoms with Crippen molar-refractivity contribution < 1.29 is 5.11 Å². The average molecular weight is 235 g/mol. The molecular formula is C11H13N3OS. The summed E-state index contributed by atoms with van der Waals surface area (Å²) in [6.45, 7) is 1.15. The van der Waals surface area contributed by atoms with E-state index in [1.165, 1.54) is 0 Å². The van der Waals surface area contributed by atoms with Crippen LogP contribution in [0.3, 0.4) is 0 Å². The number of aliphatic hydroxyl groups is 1. The third-order valence-electron chi connectivity index (χ3n) is 2.14. The van der Waals surface area contributed by atoms with E-state index < -0.39 is 6.10 Å². The second kappa shape index (κ2) is 5.69. The fraction of sp³-hybridized carbons (Fsp3) is 0.273. The Labute approximate surface area is 98.0 Å². The first kappa shape index (κ1) is 11.2. The van der Waals surface area contributed by atoms with E-state index in [2.05, 4.69) is 15.5 Å². The highest BCUT2D eigenvalue weighted by Crippen LogP contribution is 2.17. The van der Waals surface area contributed by atoms with E-state index in [0.29, 0.717) is 13.1 Å². The number of hydrogen-bond donors (Lipinski definition) is 2. The SMILES string of the molecule is OC(CNCc1cccnn1)c1cccs1. The van der Waals surface area contributed by atoms with Crippen LogP contribution in [0, 0.1) is 0 Å². The van der Waals surface area contributed by atoms with Crippen molar-refractivity contribution in [1.29, 1.82) is 0 Å². The maximum Gasteiger partial charge on any atom is 0.101 e. The van der Waals surface area contributed by atoms with Gasteiger partial charge in [0.15, 0.2) is 0 Å². The van der Waals surface area contributed by atoms with Crippen molar-refractivity contribution in [1.82, 2.24) is 15.5 Å². The zero-order valence-corrected chi connectivity index (χ0v) is 9.52. The van der Waals surface area contributed by atoms with Gasteiger partial charge in [-0.1, -0.05) is 6.07 Å². The Balaban J connectivity index is 1.76. The molecule has 0 fully saturated rings. The second-order valence-corrected chi connectivity index (χ2v) is 4.36. The number of thiophene rings is 1. The molecule has 0 bridgehead atoms. The third kappa shape index (κ3) is 3.10. The molecule has 0 amide bonds. The van der Waals surface area contributed by atoms with E-state index in [1.807, 2.05) is 29.6 Å². The van der Waals surface area contributed by atoms with Gasteiger partial charge >= 0.3 is 0 Å². The van der Waals surface area contributed by atoms with Crippen LogP contribution in [0.4, 0.5) is 0 Å². The zero-order valence-electron chi connectivity index (χ0n) is 8.71. The number of nitrogens with zero attached hydrogens (tertiary/aromatic N) is 2. The molecule has 2 aromatic heterocycles. The maximum atomic E-state index is 9.80. The molecule has 16 heavy (non-hydrogen) atoms. The molecule has 0 aliphatic heterocycles. The monoisotopic (exact) mass is 235 g/mol. The predicted octanol–water partition coefficient (Wildman–Crippen LogP) is 1.36. The van der Waals surface area contributed by atoms with Gasteiger partial charge in [-0.05, 0) is 23.6 Å². The molecule has 2 rings (SSSR count). The molecule has 0 saturated heterocycles. The van der Waals surface area contributed by atoms with Crippen LogP contribution in [-0.4, -0.2) is 21.8 Å². The highest BCUT2D eigenvalue weighted by Gasteiger charge is 2.07. The van der Waals surface area contributed by atoms with Gasteiger partial charge in [0, 0.05) is 24.2 Å². The van der Waals surface area contributed by atoms with E-state index in [4.69, 9.17) is 0 Å². The highest BCUT2D eigenvalue weighted by atomic mass is 32.1. The molecule has 1 unspecified atom stereocenters. The van der Waals surface area contributed by atoms with Gasteiger partial charge in [-0.15, -0.1) is 11.3 Å². The summed E-state index contributed by atoms with van der Waals surface area (Å²) in [7, 11) is 0. The van der Waals surface area contributed by atoms with Gasteiger partial charge in [-0.2, -0.15) is 10.2 Å². The molecule has 2 heterocycles. The molecular weight excluding hydrogens is 222 g/mol.